The van der Waals surface area contributed by atoms with Crippen molar-refractivity contribution in [3.05, 3.63) is 76.5 Å². The van der Waals surface area contributed by atoms with Gasteiger partial charge < -0.3 is 5.32 Å². The Kier molecular flexibility index (Phi) is 4.06. The molecule has 0 saturated heterocycles. The van der Waals surface area contributed by atoms with E-state index in [9.17, 15) is 4.79 Å². The van der Waals surface area contributed by atoms with Gasteiger partial charge in [-0.1, -0.05) is 15.9 Å². The van der Waals surface area contributed by atoms with Crippen LogP contribution in [0, 0.1) is 6.92 Å². The third-order valence-corrected chi connectivity index (χ3v) is 3.84. The van der Waals surface area contributed by atoms with Gasteiger partial charge >= 0.3 is 0 Å². The molecule has 1 amide bonds. The largest absolute Gasteiger partial charge is 0.322 e. The minimum absolute atomic E-state index is 0.133. The van der Waals surface area contributed by atoms with Gasteiger partial charge in [0.1, 0.15) is 0 Å². The number of benzene rings is 2. The van der Waals surface area contributed by atoms with Crippen molar-refractivity contribution in [1.82, 2.24) is 9.78 Å². The van der Waals surface area contributed by atoms with Gasteiger partial charge in [-0.15, -0.1) is 0 Å². The van der Waals surface area contributed by atoms with Gasteiger partial charge in [-0.2, -0.15) is 5.10 Å². The lowest BCUT2D eigenvalue weighted by Gasteiger charge is -2.07. The number of amides is 1. The van der Waals surface area contributed by atoms with Crippen LogP contribution in [0.4, 0.5) is 5.69 Å². The number of nitrogens with zero attached hydrogens (tertiary/aromatic N) is 2. The molecule has 0 spiro atoms. The molecule has 0 bridgehead atoms. The number of carbonyl (C=O) groups excluding carboxylic acids is 1. The second-order valence-corrected chi connectivity index (χ2v) is 5.81. The smallest absolute Gasteiger partial charge is 0.255 e. The van der Waals surface area contributed by atoms with Crippen LogP contribution in [0.15, 0.2) is 65.3 Å². The van der Waals surface area contributed by atoms with Crippen molar-refractivity contribution in [3.8, 4) is 5.69 Å². The third kappa shape index (κ3) is 3.09. The predicted octanol–water partition coefficient (Wildman–Crippen LogP) is 4.20. The summed E-state index contributed by atoms with van der Waals surface area (Å²) in [6, 6.07) is 16.8. The van der Waals surface area contributed by atoms with Crippen LogP contribution in [0.3, 0.4) is 0 Å². The molecule has 5 heteroatoms. The number of nitrogens with one attached hydrogen (secondary N) is 1. The normalized spacial score (nSPS) is 10.5. The first-order valence-corrected chi connectivity index (χ1v) is 7.61. The van der Waals surface area contributed by atoms with Crippen LogP contribution in [0.5, 0.6) is 0 Å². The summed E-state index contributed by atoms with van der Waals surface area (Å²) >= 11 is 3.37. The van der Waals surface area contributed by atoms with Crippen LogP contribution >= 0.6 is 15.9 Å². The van der Waals surface area contributed by atoms with Crippen molar-refractivity contribution in [3.63, 3.8) is 0 Å². The van der Waals surface area contributed by atoms with Crippen molar-refractivity contribution < 1.29 is 4.79 Å². The van der Waals surface area contributed by atoms with Gasteiger partial charge in [0, 0.05) is 27.6 Å². The maximum Gasteiger partial charge on any atom is 0.255 e. The van der Waals surface area contributed by atoms with E-state index in [1.165, 1.54) is 0 Å². The summed E-state index contributed by atoms with van der Waals surface area (Å²) in [6.45, 7) is 1.99. The zero-order chi connectivity index (χ0) is 15.5. The summed E-state index contributed by atoms with van der Waals surface area (Å²) in [6.07, 6.45) is 1.75. The minimum Gasteiger partial charge on any atom is -0.322 e. The standard InChI is InChI=1S/C17H14BrN3O/c1-12-10-11-19-21(12)16-8-2-13(3-9-16)17(22)20-15-6-4-14(18)5-7-15/h2-11H,1H3,(H,20,22). The number of hydrogen-bond donors (Lipinski definition) is 1. The number of halogens is 1. The Hall–Kier alpha value is -2.40. The second-order valence-electron chi connectivity index (χ2n) is 4.89. The van der Waals surface area contributed by atoms with E-state index in [1.807, 2.05) is 54.1 Å². The first kappa shape index (κ1) is 14.5. The van der Waals surface area contributed by atoms with E-state index in [0.717, 1.165) is 21.5 Å². The van der Waals surface area contributed by atoms with Crippen LogP contribution < -0.4 is 5.32 Å². The highest BCUT2D eigenvalue weighted by molar-refractivity contribution is 9.10. The molecule has 0 aliphatic rings. The number of aryl methyl sites for hydroxylation is 1. The molecule has 4 nitrogen and oxygen atoms in total. The Morgan fingerprint density at radius 1 is 1.05 bits per heavy atom. The fourth-order valence-corrected chi connectivity index (χ4v) is 2.39. The Bertz CT molecular complexity index is 792. The van der Waals surface area contributed by atoms with Gasteiger partial charge in [-0.3, -0.25) is 4.79 Å². The molecule has 1 heterocycles. The molecule has 3 aromatic rings. The fraction of sp³-hybridized carbons (Fsp3) is 0.0588. The Labute approximate surface area is 136 Å². The summed E-state index contributed by atoms with van der Waals surface area (Å²) in [5, 5.41) is 7.12. The summed E-state index contributed by atoms with van der Waals surface area (Å²) < 4.78 is 2.81. The maximum atomic E-state index is 12.2. The van der Waals surface area contributed by atoms with Gasteiger partial charge in [0.25, 0.3) is 5.91 Å². The lowest BCUT2D eigenvalue weighted by Crippen LogP contribution is -2.12. The highest BCUT2D eigenvalue weighted by Gasteiger charge is 2.07. The molecule has 1 N–H and O–H groups in total. The van der Waals surface area contributed by atoms with Gasteiger partial charge in [-0.05, 0) is 61.5 Å². The Morgan fingerprint density at radius 3 is 2.32 bits per heavy atom. The Morgan fingerprint density at radius 2 is 1.73 bits per heavy atom. The van der Waals surface area contributed by atoms with E-state index in [0.29, 0.717) is 5.56 Å². The van der Waals surface area contributed by atoms with Crippen molar-refractivity contribution in [2.24, 2.45) is 0 Å². The second kappa shape index (κ2) is 6.15. The SMILES string of the molecule is Cc1ccnn1-c1ccc(C(=O)Nc2ccc(Br)cc2)cc1. The molecule has 3 rings (SSSR count). The molecular formula is C17H14BrN3O. The van der Waals surface area contributed by atoms with E-state index in [1.54, 1.807) is 18.3 Å². The van der Waals surface area contributed by atoms with E-state index >= 15 is 0 Å². The van der Waals surface area contributed by atoms with Gasteiger partial charge in [0.05, 0.1) is 5.69 Å². The zero-order valence-electron chi connectivity index (χ0n) is 12.0. The summed E-state index contributed by atoms with van der Waals surface area (Å²) in [5.74, 6) is -0.133. The third-order valence-electron chi connectivity index (χ3n) is 3.31. The number of hydrogen-bond acceptors (Lipinski definition) is 2. The molecule has 0 radical (unpaired) electrons. The van der Waals surface area contributed by atoms with Crippen molar-refractivity contribution in [2.45, 2.75) is 6.92 Å². The number of aromatic nitrogens is 2. The highest BCUT2D eigenvalue weighted by atomic mass is 79.9. The average molecular weight is 356 g/mol. The van der Waals surface area contributed by atoms with Crippen LogP contribution in [0.1, 0.15) is 16.1 Å². The van der Waals surface area contributed by atoms with Crippen LogP contribution in [0.25, 0.3) is 5.69 Å². The fourth-order valence-electron chi connectivity index (χ4n) is 2.13. The van der Waals surface area contributed by atoms with E-state index in [4.69, 9.17) is 0 Å². The number of anilines is 1. The topological polar surface area (TPSA) is 46.9 Å². The van der Waals surface area contributed by atoms with E-state index < -0.39 is 0 Å². The highest BCUT2D eigenvalue weighted by Crippen LogP contribution is 2.16. The first-order chi connectivity index (χ1) is 10.6. The summed E-state index contributed by atoms with van der Waals surface area (Å²) in [5.41, 5.74) is 3.35. The van der Waals surface area contributed by atoms with E-state index in [-0.39, 0.29) is 5.91 Å². The molecule has 110 valence electrons. The van der Waals surface area contributed by atoms with Gasteiger partial charge in [0.15, 0.2) is 0 Å². The molecule has 0 unspecified atom stereocenters. The molecule has 22 heavy (non-hydrogen) atoms. The van der Waals surface area contributed by atoms with Crippen LogP contribution in [-0.2, 0) is 0 Å². The molecule has 0 saturated carbocycles. The molecular weight excluding hydrogens is 342 g/mol. The summed E-state index contributed by atoms with van der Waals surface area (Å²) in [7, 11) is 0. The molecule has 0 atom stereocenters. The van der Waals surface area contributed by atoms with E-state index in [2.05, 4.69) is 26.3 Å². The van der Waals surface area contributed by atoms with Gasteiger partial charge in [0.2, 0.25) is 0 Å². The molecule has 1 aromatic heterocycles. The number of rotatable bonds is 3. The molecule has 2 aromatic carbocycles. The average Bonchev–Trinajstić information content (AvgIpc) is 2.96. The predicted molar refractivity (Wildman–Crippen MR) is 90.4 cm³/mol. The first-order valence-electron chi connectivity index (χ1n) is 6.81. The Balaban J connectivity index is 1.76. The molecule has 0 fully saturated rings. The van der Waals surface area contributed by atoms with Crippen molar-refractivity contribution in [1.29, 1.82) is 0 Å². The lowest BCUT2D eigenvalue weighted by atomic mass is 10.2. The number of carbonyl (C=O) groups is 1. The summed E-state index contributed by atoms with van der Waals surface area (Å²) in [4.78, 5) is 12.2. The lowest BCUT2D eigenvalue weighted by molar-refractivity contribution is 0.102. The minimum atomic E-state index is -0.133. The van der Waals surface area contributed by atoms with Gasteiger partial charge in [-0.25, -0.2) is 4.68 Å². The van der Waals surface area contributed by atoms with Crippen molar-refractivity contribution >= 4 is 27.5 Å². The monoisotopic (exact) mass is 355 g/mol. The quantitative estimate of drug-likeness (QED) is 0.765. The van der Waals surface area contributed by atoms with Crippen molar-refractivity contribution in [2.75, 3.05) is 5.32 Å². The van der Waals surface area contributed by atoms with Crippen LogP contribution in [0.2, 0.25) is 0 Å². The zero-order valence-corrected chi connectivity index (χ0v) is 13.5. The van der Waals surface area contributed by atoms with Crippen LogP contribution in [-0.4, -0.2) is 15.7 Å². The maximum absolute atomic E-state index is 12.2. The molecule has 0 aliphatic heterocycles. The molecule has 0 aliphatic carbocycles.